The zero-order chi connectivity index (χ0) is 12.5. The lowest BCUT2D eigenvalue weighted by Crippen LogP contribution is -2.46. The Morgan fingerprint density at radius 1 is 1.11 bits per heavy atom. The highest BCUT2D eigenvalue weighted by molar-refractivity contribution is 5.83. The summed E-state index contributed by atoms with van der Waals surface area (Å²) in [7, 11) is 0. The molecule has 0 aromatic heterocycles. The van der Waals surface area contributed by atoms with E-state index < -0.39 is 0 Å². The summed E-state index contributed by atoms with van der Waals surface area (Å²) in [5.41, 5.74) is 0. The molecule has 0 radical (unpaired) electrons. The van der Waals surface area contributed by atoms with Crippen LogP contribution in [0.2, 0.25) is 0 Å². The highest BCUT2D eigenvalue weighted by Crippen LogP contribution is 2.34. The largest absolute Gasteiger partial charge is 0.355 e. The van der Waals surface area contributed by atoms with Gasteiger partial charge in [-0.25, -0.2) is 0 Å². The van der Waals surface area contributed by atoms with Crippen molar-refractivity contribution >= 4 is 11.8 Å². The van der Waals surface area contributed by atoms with Crippen LogP contribution in [-0.4, -0.2) is 36.3 Å². The molecule has 0 aromatic rings. The predicted octanol–water partition coefficient (Wildman–Crippen LogP) is 1.16. The van der Waals surface area contributed by atoms with Crippen LogP contribution < -0.4 is 5.32 Å². The van der Waals surface area contributed by atoms with Crippen LogP contribution >= 0.6 is 0 Å². The van der Waals surface area contributed by atoms with Crippen LogP contribution in [0.5, 0.6) is 0 Å². The summed E-state index contributed by atoms with van der Waals surface area (Å²) in [5, 5.41) is 2.82. The van der Waals surface area contributed by atoms with Gasteiger partial charge in [0.2, 0.25) is 11.8 Å². The number of carbonyl (C=O) groups excluding carboxylic acids is 2. The fourth-order valence-corrected chi connectivity index (χ4v) is 2.68. The average Bonchev–Trinajstić information content (AvgIpc) is 3.23. The van der Waals surface area contributed by atoms with E-state index in [2.05, 4.69) is 10.2 Å². The first kappa shape index (κ1) is 12.0. The smallest absolute Gasteiger partial charge is 0.227 e. The lowest BCUT2D eigenvalue weighted by atomic mass is 9.97. The van der Waals surface area contributed by atoms with Gasteiger partial charge in [0.05, 0.1) is 5.92 Å². The molecule has 1 aliphatic heterocycles. The predicted molar refractivity (Wildman–Crippen MR) is 67.8 cm³/mol. The van der Waals surface area contributed by atoms with Gasteiger partial charge in [-0.15, -0.1) is 0 Å². The van der Waals surface area contributed by atoms with Gasteiger partial charge in [-0.2, -0.15) is 0 Å². The maximum atomic E-state index is 12.5. The SMILES string of the molecule is O=C1CCC(C(=O)N(CC2CC2)CC2CC2)CN1. The molecule has 2 aliphatic carbocycles. The molecule has 3 aliphatic rings. The van der Waals surface area contributed by atoms with E-state index in [1.54, 1.807) is 0 Å². The fraction of sp³-hybridized carbons (Fsp3) is 0.857. The first-order valence-electron chi connectivity index (χ1n) is 7.28. The number of carbonyl (C=O) groups is 2. The van der Waals surface area contributed by atoms with Crippen LogP contribution in [0.4, 0.5) is 0 Å². The van der Waals surface area contributed by atoms with Crippen molar-refractivity contribution < 1.29 is 9.59 Å². The number of hydrogen-bond donors (Lipinski definition) is 1. The monoisotopic (exact) mass is 250 g/mol. The van der Waals surface area contributed by atoms with Crippen LogP contribution in [0.3, 0.4) is 0 Å². The van der Waals surface area contributed by atoms with Crippen molar-refractivity contribution in [1.29, 1.82) is 0 Å². The molecule has 0 aromatic carbocycles. The Hall–Kier alpha value is -1.06. The standard InChI is InChI=1S/C14H22N2O2/c17-13-6-5-12(7-15-13)14(18)16(8-10-1-2-10)9-11-3-4-11/h10-12H,1-9H2,(H,15,17). The molecular formula is C14H22N2O2. The van der Waals surface area contributed by atoms with Crippen molar-refractivity contribution in [3.8, 4) is 0 Å². The Kier molecular flexibility index (Phi) is 3.27. The summed E-state index contributed by atoms with van der Waals surface area (Å²) in [4.78, 5) is 25.7. The quantitative estimate of drug-likeness (QED) is 0.796. The Morgan fingerprint density at radius 2 is 1.72 bits per heavy atom. The number of hydrogen-bond acceptors (Lipinski definition) is 2. The molecule has 3 rings (SSSR count). The third kappa shape index (κ3) is 3.03. The van der Waals surface area contributed by atoms with Crippen molar-refractivity contribution in [1.82, 2.24) is 10.2 Å². The van der Waals surface area contributed by atoms with Crippen molar-refractivity contribution in [2.45, 2.75) is 38.5 Å². The van der Waals surface area contributed by atoms with E-state index in [1.807, 2.05) is 0 Å². The van der Waals surface area contributed by atoms with Crippen molar-refractivity contribution in [2.24, 2.45) is 17.8 Å². The summed E-state index contributed by atoms with van der Waals surface area (Å²) in [6, 6.07) is 0. The van der Waals surface area contributed by atoms with E-state index in [1.165, 1.54) is 25.7 Å². The van der Waals surface area contributed by atoms with Gasteiger partial charge in [-0.3, -0.25) is 9.59 Å². The maximum Gasteiger partial charge on any atom is 0.227 e. The molecule has 1 saturated heterocycles. The van der Waals surface area contributed by atoms with Crippen LogP contribution in [0, 0.1) is 17.8 Å². The van der Waals surface area contributed by atoms with Gasteiger partial charge in [-0.05, 0) is 43.9 Å². The Morgan fingerprint density at radius 3 is 2.17 bits per heavy atom. The number of amides is 2. The normalized spacial score (nSPS) is 27.8. The van der Waals surface area contributed by atoms with Gasteiger partial charge < -0.3 is 10.2 Å². The molecule has 2 amide bonds. The summed E-state index contributed by atoms with van der Waals surface area (Å²) in [5.74, 6) is 1.92. The van der Waals surface area contributed by atoms with Crippen LogP contribution in [0.25, 0.3) is 0 Å². The highest BCUT2D eigenvalue weighted by atomic mass is 16.2. The lowest BCUT2D eigenvalue weighted by Gasteiger charge is -2.29. The first-order valence-corrected chi connectivity index (χ1v) is 7.28. The maximum absolute atomic E-state index is 12.5. The molecule has 4 nitrogen and oxygen atoms in total. The molecule has 1 unspecified atom stereocenters. The van der Waals surface area contributed by atoms with Gasteiger partial charge in [0.1, 0.15) is 0 Å². The van der Waals surface area contributed by atoms with Crippen LogP contribution in [-0.2, 0) is 9.59 Å². The molecule has 2 saturated carbocycles. The number of piperidine rings is 1. The molecule has 4 heteroatoms. The summed E-state index contributed by atoms with van der Waals surface area (Å²) >= 11 is 0. The minimum absolute atomic E-state index is 0.0280. The van der Waals surface area contributed by atoms with E-state index in [4.69, 9.17) is 0 Å². The third-order valence-corrected chi connectivity index (χ3v) is 4.28. The van der Waals surface area contributed by atoms with Crippen molar-refractivity contribution in [3.63, 3.8) is 0 Å². The number of nitrogens with zero attached hydrogens (tertiary/aromatic N) is 1. The van der Waals surface area contributed by atoms with E-state index in [9.17, 15) is 9.59 Å². The Balaban J connectivity index is 1.56. The topological polar surface area (TPSA) is 49.4 Å². The summed E-state index contributed by atoms with van der Waals surface area (Å²) in [6.45, 7) is 2.46. The number of nitrogens with one attached hydrogen (secondary N) is 1. The first-order chi connectivity index (χ1) is 8.72. The molecule has 0 bridgehead atoms. The molecule has 3 fully saturated rings. The Bertz CT molecular complexity index is 324. The molecule has 18 heavy (non-hydrogen) atoms. The lowest BCUT2D eigenvalue weighted by molar-refractivity contribution is -0.138. The van der Waals surface area contributed by atoms with Gasteiger partial charge in [-0.1, -0.05) is 0 Å². The minimum atomic E-state index is 0.0280. The molecule has 1 N–H and O–H groups in total. The number of rotatable bonds is 5. The average molecular weight is 250 g/mol. The molecule has 1 heterocycles. The molecule has 100 valence electrons. The summed E-state index contributed by atoms with van der Waals surface area (Å²) in [6.07, 6.45) is 6.39. The van der Waals surface area contributed by atoms with E-state index in [-0.39, 0.29) is 17.7 Å². The second kappa shape index (κ2) is 4.90. The van der Waals surface area contributed by atoms with Gasteiger partial charge in [0.25, 0.3) is 0 Å². The second-order valence-electron chi connectivity index (χ2n) is 6.17. The van der Waals surface area contributed by atoms with E-state index >= 15 is 0 Å². The molecule has 0 spiro atoms. The Labute approximate surface area is 108 Å². The van der Waals surface area contributed by atoms with E-state index in [0.717, 1.165) is 31.3 Å². The second-order valence-corrected chi connectivity index (χ2v) is 6.17. The van der Waals surface area contributed by atoms with Crippen molar-refractivity contribution in [3.05, 3.63) is 0 Å². The molecular weight excluding hydrogens is 228 g/mol. The zero-order valence-electron chi connectivity index (χ0n) is 10.9. The zero-order valence-corrected chi connectivity index (χ0v) is 10.9. The van der Waals surface area contributed by atoms with Crippen LogP contribution in [0.15, 0.2) is 0 Å². The fourth-order valence-electron chi connectivity index (χ4n) is 2.68. The van der Waals surface area contributed by atoms with E-state index in [0.29, 0.717) is 13.0 Å². The minimum Gasteiger partial charge on any atom is -0.355 e. The van der Waals surface area contributed by atoms with Gasteiger partial charge in [0, 0.05) is 26.1 Å². The highest BCUT2D eigenvalue weighted by Gasteiger charge is 2.35. The van der Waals surface area contributed by atoms with Gasteiger partial charge >= 0.3 is 0 Å². The van der Waals surface area contributed by atoms with Crippen LogP contribution in [0.1, 0.15) is 38.5 Å². The summed E-state index contributed by atoms with van der Waals surface area (Å²) < 4.78 is 0. The van der Waals surface area contributed by atoms with Crippen molar-refractivity contribution in [2.75, 3.05) is 19.6 Å². The molecule has 1 atom stereocenters. The third-order valence-electron chi connectivity index (χ3n) is 4.28. The van der Waals surface area contributed by atoms with Gasteiger partial charge in [0.15, 0.2) is 0 Å².